The molecule has 0 bridgehead atoms. The molecule has 0 N–H and O–H groups in total. The number of ether oxygens (including phenoxy) is 2. The Labute approximate surface area is 179 Å². The molecule has 7 nitrogen and oxygen atoms in total. The summed E-state index contributed by atoms with van der Waals surface area (Å²) in [6, 6.07) is 14.9. The molecule has 3 aliphatic rings. The second kappa shape index (κ2) is 7.63. The summed E-state index contributed by atoms with van der Waals surface area (Å²) in [5.74, 6) is 1.00. The summed E-state index contributed by atoms with van der Waals surface area (Å²) in [5, 5.41) is 0.507. The van der Waals surface area contributed by atoms with E-state index in [0.717, 1.165) is 12.0 Å². The fourth-order valence-electron chi connectivity index (χ4n) is 3.97. The standard InChI is InChI=1S/C21H20N2O5S2/c24-20(15-6-7-17-18(10-15)28-13-27-17)22-21-23(9-8-14-4-2-1-3-5-14)16-11-30(25,26)12-19(16)29-21/h1-7,10,16,19H,8-9,11-13H2/t16-,19-/m1/s1. The molecule has 5 rings (SSSR count). The van der Waals surface area contributed by atoms with E-state index in [1.807, 2.05) is 35.2 Å². The first-order valence-corrected chi connectivity index (χ1v) is 12.4. The lowest BCUT2D eigenvalue weighted by Crippen LogP contribution is -2.39. The van der Waals surface area contributed by atoms with Crippen LogP contribution in [-0.4, -0.2) is 60.5 Å². The van der Waals surface area contributed by atoms with Crippen molar-refractivity contribution in [3.63, 3.8) is 0 Å². The van der Waals surface area contributed by atoms with Gasteiger partial charge in [0.2, 0.25) is 6.79 Å². The van der Waals surface area contributed by atoms with Crippen LogP contribution in [0.2, 0.25) is 0 Å². The zero-order valence-corrected chi connectivity index (χ0v) is 17.7. The van der Waals surface area contributed by atoms with Crippen LogP contribution in [0.5, 0.6) is 11.5 Å². The van der Waals surface area contributed by atoms with Crippen molar-refractivity contribution in [3.05, 3.63) is 59.7 Å². The van der Waals surface area contributed by atoms with E-state index >= 15 is 0 Å². The van der Waals surface area contributed by atoms with Crippen LogP contribution >= 0.6 is 11.8 Å². The largest absolute Gasteiger partial charge is 0.454 e. The van der Waals surface area contributed by atoms with Gasteiger partial charge in [-0.1, -0.05) is 42.1 Å². The number of fused-ring (bicyclic) bond motifs is 2. The van der Waals surface area contributed by atoms with Crippen LogP contribution in [0, 0.1) is 0 Å². The zero-order chi connectivity index (χ0) is 20.7. The molecule has 30 heavy (non-hydrogen) atoms. The van der Waals surface area contributed by atoms with Crippen molar-refractivity contribution in [1.29, 1.82) is 0 Å². The number of sulfone groups is 1. The van der Waals surface area contributed by atoms with E-state index in [2.05, 4.69) is 4.99 Å². The van der Waals surface area contributed by atoms with Crippen molar-refractivity contribution in [3.8, 4) is 11.5 Å². The van der Waals surface area contributed by atoms with Crippen LogP contribution in [0.3, 0.4) is 0 Å². The zero-order valence-electron chi connectivity index (χ0n) is 16.1. The summed E-state index contributed by atoms with van der Waals surface area (Å²) in [4.78, 5) is 19.2. The third-order valence-electron chi connectivity index (χ3n) is 5.48. The number of hydrogen-bond donors (Lipinski definition) is 0. The van der Waals surface area contributed by atoms with Crippen molar-refractivity contribution < 1.29 is 22.7 Å². The molecule has 0 unspecified atom stereocenters. The van der Waals surface area contributed by atoms with Crippen LogP contribution < -0.4 is 9.47 Å². The number of benzene rings is 2. The number of amides is 1. The maximum Gasteiger partial charge on any atom is 0.279 e. The van der Waals surface area contributed by atoms with E-state index in [1.54, 1.807) is 18.2 Å². The van der Waals surface area contributed by atoms with Gasteiger partial charge in [0.25, 0.3) is 5.91 Å². The van der Waals surface area contributed by atoms with E-state index in [9.17, 15) is 13.2 Å². The molecule has 9 heteroatoms. The molecule has 2 fully saturated rings. The van der Waals surface area contributed by atoms with Gasteiger partial charge in [-0.05, 0) is 30.2 Å². The minimum Gasteiger partial charge on any atom is -0.454 e. The third-order valence-corrected chi connectivity index (χ3v) is 8.72. The summed E-state index contributed by atoms with van der Waals surface area (Å²) in [7, 11) is -3.07. The molecular formula is C21H20N2O5S2. The van der Waals surface area contributed by atoms with E-state index in [0.29, 0.717) is 28.8 Å². The van der Waals surface area contributed by atoms with Crippen LogP contribution in [0.1, 0.15) is 15.9 Å². The number of amidine groups is 1. The average molecular weight is 445 g/mol. The van der Waals surface area contributed by atoms with Crippen LogP contribution in [0.4, 0.5) is 0 Å². The molecule has 156 valence electrons. The van der Waals surface area contributed by atoms with Crippen molar-refractivity contribution in [2.45, 2.75) is 17.7 Å². The number of nitrogens with zero attached hydrogens (tertiary/aromatic N) is 2. The van der Waals surface area contributed by atoms with Crippen LogP contribution in [0.15, 0.2) is 53.5 Å². The van der Waals surface area contributed by atoms with E-state index in [4.69, 9.17) is 9.47 Å². The number of carbonyl (C=O) groups is 1. The van der Waals surface area contributed by atoms with Gasteiger partial charge in [-0.3, -0.25) is 4.79 Å². The van der Waals surface area contributed by atoms with Gasteiger partial charge in [0, 0.05) is 17.4 Å². The predicted molar refractivity (Wildman–Crippen MR) is 115 cm³/mol. The summed E-state index contributed by atoms with van der Waals surface area (Å²) in [5.41, 5.74) is 1.58. The topological polar surface area (TPSA) is 85.3 Å². The maximum atomic E-state index is 12.8. The van der Waals surface area contributed by atoms with E-state index < -0.39 is 9.84 Å². The molecule has 0 radical (unpaired) electrons. The molecule has 2 atom stereocenters. The second-order valence-corrected chi connectivity index (χ2v) is 10.9. The first kappa shape index (κ1) is 19.4. The Morgan fingerprint density at radius 1 is 1.10 bits per heavy atom. The lowest BCUT2D eigenvalue weighted by Gasteiger charge is -2.24. The van der Waals surface area contributed by atoms with E-state index in [1.165, 1.54) is 11.8 Å². The van der Waals surface area contributed by atoms with Gasteiger partial charge in [-0.15, -0.1) is 0 Å². The van der Waals surface area contributed by atoms with Gasteiger partial charge >= 0.3 is 0 Å². The Morgan fingerprint density at radius 2 is 1.90 bits per heavy atom. The molecule has 1 amide bonds. The molecule has 0 saturated carbocycles. The smallest absolute Gasteiger partial charge is 0.279 e. The molecule has 0 spiro atoms. The predicted octanol–water partition coefficient (Wildman–Crippen LogP) is 2.37. The van der Waals surface area contributed by atoms with E-state index in [-0.39, 0.29) is 35.5 Å². The van der Waals surface area contributed by atoms with Gasteiger partial charge in [0.1, 0.15) is 0 Å². The molecule has 2 aromatic rings. The number of aliphatic imine (C=N–C) groups is 1. The Balaban J connectivity index is 1.39. The molecule has 2 saturated heterocycles. The first-order chi connectivity index (χ1) is 14.5. The molecule has 3 heterocycles. The lowest BCUT2D eigenvalue weighted by atomic mass is 10.1. The van der Waals surface area contributed by atoms with Crippen molar-refractivity contribution in [2.75, 3.05) is 24.8 Å². The van der Waals surface area contributed by atoms with Crippen molar-refractivity contribution >= 4 is 32.7 Å². The summed E-state index contributed by atoms with van der Waals surface area (Å²) >= 11 is 1.40. The Kier molecular flexibility index (Phi) is 4.94. The Bertz CT molecular complexity index is 1120. The maximum absolute atomic E-state index is 12.8. The Hall–Kier alpha value is -2.52. The highest BCUT2D eigenvalue weighted by Gasteiger charge is 2.48. The van der Waals surface area contributed by atoms with Crippen molar-refractivity contribution in [1.82, 2.24) is 4.90 Å². The van der Waals surface area contributed by atoms with Gasteiger partial charge in [-0.25, -0.2) is 8.42 Å². The molecule has 2 aromatic carbocycles. The number of hydrogen-bond acceptors (Lipinski definition) is 6. The third kappa shape index (κ3) is 3.79. The molecule has 0 aromatic heterocycles. The minimum absolute atomic E-state index is 0.0888. The summed E-state index contributed by atoms with van der Waals surface area (Å²) < 4.78 is 34.9. The normalized spacial score (nSPS) is 24.9. The SMILES string of the molecule is O=C(N=C1S[C@@H]2CS(=O)(=O)C[C@H]2N1CCc1ccccc1)c1ccc2c(c1)OCO2. The lowest BCUT2D eigenvalue weighted by molar-refractivity contribution is 0.100. The monoisotopic (exact) mass is 444 g/mol. The van der Waals surface area contributed by atoms with Crippen molar-refractivity contribution in [2.24, 2.45) is 4.99 Å². The highest BCUT2D eigenvalue weighted by atomic mass is 32.2. The fraction of sp³-hybridized carbons (Fsp3) is 0.333. The van der Waals surface area contributed by atoms with Gasteiger partial charge in [-0.2, -0.15) is 4.99 Å². The fourth-order valence-corrected chi connectivity index (χ4v) is 7.95. The van der Waals surface area contributed by atoms with Crippen LogP contribution in [0.25, 0.3) is 0 Å². The van der Waals surface area contributed by atoms with Gasteiger partial charge in [0.05, 0.1) is 17.5 Å². The molecular weight excluding hydrogens is 424 g/mol. The number of thioether (sulfide) groups is 1. The number of carbonyl (C=O) groups excluding carboxylic acids is 1. The minimum atomic E-state index is -3.07. The summed E-state index contributed by atoms with van der Waals surface area (Å²) in [6.07, 6.45) is 0.752. The van der Waals surface area contributed by atoms with Gasteiger partial charge < -0.3 is 14.4 Å². The number of rotatable bonds is 4. The Morgan fingerprint density at radius 3 is 2.73 bits per heavy atom. The van der Waals surface area contributed by atoms with Crippen LogP contribution in [-0.2, 0) is 16.3 Å². The molecule has 0 aliphatic carbocycles. The summed E-state index contributed by atoms with van der Waals surface area (Å²) in [6.45, 7) is 0.753. The average Bonchev–Trinajstić information content (AvgIpc) is 3.39. The molecule has 3 aliphatic heterocycles. The first-order valence-electron chi connectivity index (χ1n) is 9.69. The second-order valence-electron chi connectivity index (χ2n) is 7.50. The quantitative estimate of drug-likeness (QED) is 0.716. The van der Waals surface area contributed by atoms with Gasteiger partial charge in [0.15, 0.2) is 26.5 Å². The highest BCUT2D eigenvalue weighted by molar-refractivity contribution is 8.15. The highest BCUT2D eigenvalue weighted by Crippen LogP contribution is 2.38.